The number of benzene rings is 1. The van der Waals surface area contributed by atoms with E-state index in [0.717, 1.165) is 12.8 Å². The van der Waals surface area contributed by atoms with Crippen LogP contribution in [0, 0.1) is 0 Å². The van der Waals surface area contributed by atoms with Crippen LogP contribution in [0.5, 0.6) is 0 Å². The van der Waals surface area contributed by atoms with Gasteiger partial charge in [-0.15, -0.1) is 0 Å². The molecule has 0 saturated carbocycles. The Morgan fingerprint density at radius 3 is 2.62 bits per heavy atom. The fourth-order valence-electron chi connectivity index (χ4n) is 1.57. The molecule has 0 N–H and O–H groups in total. The average molecular weight is 259 g/mol. The minimum Gasteiger partial charge on any atom is -0.294 e. The van der Waals surface area contributed by atoms with Crippen molar-refractivity contribution in [2.45, 2.75) is 39.0 Å². The maximum Gasteiger partial charge on any atom is 0.164 e. The number of ketones is 1. The predicted molar refractivity (Wildman–Crippen MR) is 69.6 cm³/mol. The summed E-state index contributed by atoms with van der Waals surface area (Å²) in [6.45, 7) is 2.15. The second-order valence-electron chi connectivity index (χ2n) is 3.84. The van der Waals surface area contributed by atoms with Gasteiger partial charge >= 0.3 is 0 Å². The van der Waals surface area contributed by atoms with Crippen molar-refractivity contribution in [2.24, 2.45) is 0 Å². The maximum atomic E-state index is 11.8. The fourth-order valence-corrected chi connectivity index (χ4v) is 1.97. The lowest BCUT2D eigenvalue weighted by Gasteiger charge is -2.04. The van der Waals surface area contributed by atoms with Crippen molar-refractivity contribution in [1.82, 2.24) is 0 Å². The van der Waals surface area contributed by atoms with Crippen molar-refractivity contribution in [2.75, 3.05) is 0 Å². The number of carbonyl (C=O) groups is 1. The van der Waals surface area contributed by atoms with Crippen LogP contribution in [0.4, 0.5) is 0 Å². The minimum absolute atomic E-state index is 0.0867. The van der Waals surface area contributed by atoms with Gasteiger partial charge in [-0.05, 0) is 18.6 Å². The SMILES string of the molecule is CCCCCCC(=O)c1cccc(Cl)c1Cl. The summed E-state index contributed by atoms with van der Waals surface area (Å²) in [7, 11) is 0. The highest BCUT2D eigenvalue weighted by Gasteiger charge is 2.11. The van der Waals surface area contributed by atoms with E-state index < -0.39 is 0 Å². The first-order chi connectivity index (χ1) is 7.66. The summed E-state index contributed by atoms with van der Waals surface area (Å²) in [5, 5.41) is 0.825. The molecule has 0 amide bonds. The largest absolute Gasteiger partial charge is 0.294 e. The van der Waals surface area contributed by atoms with Crippen LogP contribution in [0.25, 0.3) is 0 Å². The van der Waals surface area contributed by atoms with Crippen LogP contribution < -0.4 is 0 Å². The molecule has 0 aliphatic heterocycles. The fraction of sp³-hybridized carbons (Fsp3) is 0.462. The Morgan fingerprint density at radius 2 is 1.94 bits per heavy atom. The molecule has 0 aromatic heterocycles. The van der Waals surface area contributed by atoms with E-state index in [1.54, 1.807) is 18.2 Å². The standard InChI is InChI=1S/C13H16Cl2O/c1-2-3-4-5-9-12(16)10-7-6-8-11(14)13(10)15/h6-8H,2-5,9H2,1H3. The van der Waals surface area contributed by atoms with Gasteiger partial charge in [0.2, 0.25) is 0 Å². The molecular formula is C13H16Cl2O. The van der Waals surface area contributed by atoms with E-state index in [9.17, 15) is 4.79 Å². The van der Waals surface area contributed by atoms with Gasteiger partial charge in [0.05, 0.1) is 10.0 Å². The lowest BCUT2D eigenvalue weighted by Crippen LogP contribution is -2.00. The van der Waals surface area contributed by atoms with Crippen molar-refractivity contribution in [3.63, 3.8) is 0 Å². The van der Waals surface area contributed by atoms with Gasteiger partial charge < -0.3 is 0 Å². The van der Waals surface area contributed by atoms with E-state index in [1.807, 2.05) is 0 Å². The van der Waals surface area contributed by atoms with Gasteiger partial charge in [-0.3, -0.25) is 4.79 Å². The van der Waals surface area contributed by atoms with Crippen molar-refractivity contribution in [3.8, 4) is 0 Å². The Balaban J connectivity index is 2.56. The third-order valence-electron chi connectivity index (χ3n) is 2.51. The molecule has 0 atom stereocenters. The highest BCUT2D eigenvalue weighted by Crippen LogP contribution is 2.26. The third kappa shape index (κ3) is 3.80. The lowest BCUT2D eigenvalue weighted by atomic mass is 10.0. The summed E-state index contributed by atoms with van der Waals surface area (Å²) in [4.78, 5) is 11.8. The number of unbranched alkanes of at least 4 members (excludes halogenated alkanes) is 3. The summed E-state index contributed by atoms with van der Waals surface area (Å²) in [5.74, 6) is 0.0867. The van der Waals surface area contributed by atoms with E-state index in [2.05, 4.69) is 6.92 Å². The Bertz CT molecular complexity index is 361. The minimum atomic E-state index is 0.0867. The number of carbonyl (C=O) groups excluding carboxylic acids is 1. The second-order valence-corrected chi connectivity index (χ2v) is 4.62. The molecule has 0 saturated heterocycles. The van der Waals surface area contributed by atoms with Gasteiger partial charge in [0.15, 0.2) is 5.78 Å². The van der Waals surface area contributed by atoms with E-state index in [0.29, 0.717) is 22.0 Å². The Morgan fingerprint density at radius 1 is 1.19 bits per heavy atom. The number of hydrogen-bond acceptors (Lipinski definition) is 1. The highest BCUT2D eigenvalue weighted by atomic mass is 35.5. The first-order valence-corrected chi connectivity index (χ1v) is 6.39. The van der Waals surface area contributed by atoms with Gasteiger partial charge in [-0.1, -0.05) is 55.5 Å². The van der Waals surface area contributed by atoms with Crippen molar-refractivity contribution in [1.29, 1.82) is 0 Å². The molecule has 0 bridgehead atoms. The number of hydrogen-bond donors (Lipinski definition) is 0. The summed E-state index contributed by atoms with van der Waals surface area (Å²) in [5.41, 5.74) is 0.547. The predicted octanol–water partition coefficient (Wildman–Crippen LogP) is 5.15. The Hall–Kier alpha value is -0.530. The molecule has 16 heavy (non-hydrogen) atoms. The quantitative estimate of drug-likeness (QED) is 0.510. The molecule has 1 aromatic rings. The Kier molecular flexibility index (Phi) is 5.86. The summed E-state index contributed by atoms with van der Waals surface area (Å²) >= 11 is 11.8. The van der Waals surface area contributed by atoms with Crippen molar-refractivity contribution < 1.29 is 4.79 Å². The monoisotopic (exact) mass is 258 g/mol. The molecule has 0 aliphatic rings. The topological polar surface area (TPSA) is 17.1 Å². The third-order valence-corrected chi connectivity index (χ3v) is 3.33. The van der Waals surface area contributed by atoms with Crippen LogP contribution in [0.2, 0.25) is 10.0 Å². The molecule has 88 valence electrons. The van der Waals surface area contributed by atoms with Crippen molar-refractivity contribution in [3.05, 3.63) is 33.8 Å². The van der Waals surface area contributed by atoms with E-state index in [1.165, 1.54) is 12.8 Å². The van der Waals surface area contributed by atoms with Crippen LogP contribution in [-0.4, -0.2) is 5.78 Å². The van der Waals surface area contributed by atoms with Crippen LogP contribution in [-0.2, 0) is 0 Å². The van der Waals surface area contributed by atoms with Gasteiger partial charge in [0.1, 0.15) is 0 Å². The summed E-state index contributed by atoms with van der Waals surface area (Å²) < 4.78 is 0. The first-order valence-electron chi connectivity index (χ1n) is 5.64. The van der Waals surface area contributed by atoms with Gasteiger partial charge in [-0.2, -0.15) is 0 Å². The number of rotatable bonds is 6. The van der Waals surface area contributed by atoms with Crippen LogP contribution in [0.1, 0.15) is 49.4 Å². The molecule has 3 heteroatoms. The number of halogens is 2. The smallest absolute Gasteiger partial charge is 0.164 e. The summed E-state index contributed by atoms with van der Waals surface area (Å²) in [6.07, 6.45) is 4.93. The molecule has 0 heterocycles. The first kappa shape index (κ1) is 13.5. The van der Waals surface area contributed by atoms with E-state index in [-0.39, 0.29) is 5.78 Å². The second kappa shape index (κ2) is 6.93. The van der Waals surface area contributed by atoms with Gasteiger partial charge in [-0.25, -0.2) is 0 Å². The maximum absolute atomic E-state index is 11.8. The van der Waals surface area contributed by atoms with E-state index in [4.69, 9.17) is 23.2 Å². The normalized spacial score (nSPS) is 10.4. The van der Waals surface area contributed by atoms with E-state index >= 15 is 0 Å². The zero-order valence-electron chi connectivity index (χ0n) is 9.43. The average Bonchev–Trinajstić information content (AvgIpc) is 2.28. The molecule has 1 nitrogen and oxygen atoms in total. The van der Waals surface area contributed by atoms with Crippen LogP contribution in [0.15, 0.2) is 18.2 Å². The molecule has 0 spiro atoms. The lowest BCUT2D eigenvalue weighted by molar-refractivity contribution is 0.0979. The van der Waals surface area contributed by atoms with Crippen LogP contribution >= 0.6 is 23.2 Å². The molecule has 0 radical (unpaired) electrons. The summed E-state index contributed by atoms with van der Waals surface area (Å²) in [6, 6.07) is 5.18. The van der Waals surface area contributed by atoms with Crippen molar-refractivity contribution >= 4 is 29.0 Å². The molecule has 1 rings (SSSR count). The van der Waals surface area contributed by atoms with Gasteiger partial charge in [0.25, 0.3) is 0 Å². The zero-order valence-corrected chi connectivity index (χ0v) is 10.9. The molecule has 0 fully saturated rings. The number of Topliss-reactive ketones (excluding diaryl/α,β-unsaturated/α-hetero) is 1. The molecule has 1 aromatic carbocycles. The van der Waals surface area contributed by atoms with Gasteiger partial charge in [0, 0.05) is 12.0 Å². The molecule has 0 unspecified atom stereocenters. The highest BCUT2D eigenvalue weighted by molar-refractivity contribution is 6.43. The Labute approximate surface area is 107 Å². The van der Waals surface area contributed by atoms with Crippen LogP contribution in [0.3, 0.4) is 0 Å². The molecular weight excluding hydrogens is 243 g/mol. The molecule has 0 aliphatic carbocycles. The zero-order chi connectivity index (χ0) is 12.0.